The van der Waals surface area contributed by atoms with Crippen molar-refractivity contribution >= 4 is 5.95 Å². The van der Waals surface area contributed by atoms with Crippen molar-refractivity contribution in [3.8, 4) is 0 Å². The number of aromatic nitrogens is 3. The van der Waals surface area contributed by atoms with Gasteiger partial charge in [0.25, 0.3) is 0 Å². The van der Waals surface area contributed by atoms with E-state index in [9.17, 15) is 0 Å². The first-order valence-electron chi connectivity index (χ1n) is 3.37. The summed E-state index contributed by atoms with van der Waals surface area (Å²) in [6.45, 7) is 1.52. The van der Waals surface area contributed by atoms with Gasteiger partial charge >= 0.3 is 0 Å². The SMILES string of the molecule is CNCCN(N)c1ncn[nH]1. The van der Waals surface area contributed by atoms with E-state index in [1.165, 1.54) is 11.3 Å². The summed E-state index contributed by atoms with van der Waals surface area (Å²) in [6, 6.07) is 0. The van der Waals surface area contributed by atoms with Crippen LogP contribution in [0.15, 0.2) is 6.33 Å². The van der Waals surface area contributed by atoms with Gasteiger partial charge in [0.15, 0.2) is 0 Å². The van der Waals surface area contributed by atoms with Crippen molar-refractivity contribution in [2.75, 3.05) is 25.1 Å². The minimum Gasteiger partial charge on any atom is -0.318 e. The molecule has 0 aromatic carbocycles. The van der Waals surface area contributed by atoms with Gasteiger partial charge < -0.3 is 5.32 Å². The lowest BCUT2D eigenvalue weighted by Crippen LogP contribution is -2.37. The summed E-state index contributed by atoms with van der Waals surface area (Å²) in [6.07, 6.45) is 1.43. The summed E-state index contributed by atoms with van der Waals surface area (Å²) in [5.41, 5.74) is 0. The van der Waals surface area contributed by atoms with Crippen molar-refractivity contribution in [3.63, 3.8) is 0 Å². The number of nitrogens with two attached hydrogens (primary N) is 1. The van der Waals surface area contributed by atoms with Gasteiger partial charge in [-0.05, 0) is 7.05 Å². The number of likely N-dealkylation sites (N-methyl/N-ethyl adjacent to an activating group) is 1. The summed E-state index contributed by atoms with van der Waals surface area (Å²) < 4.78 is 0. The molecular formula is C5H12N6. The Hall–Kier alpha value is -1.14. The van der Waals surface area contributed by atoms with Crippen molar-refractivity contribution in [2.45, 2.75) is 0 Å². The van der Waals surface area contributed by atoms with Crippen LogP contribution in [0.1, 0.15) is 0 Å². The molecule has 0 amide bonds. The van der Waals surface area contributed by atoms with Crippen LogP contribution >= 0.6 is 0 Å². The van der Waals surface area contributed by atoms with E-state index < -0.39 is 0 Å². The molecule has 6 heteroatoms. The zero-order valence-corrected chi connectivity index (χ0v) is 6.41. The van der Waals surface area contributed by atoms with Gasteiger partial charge in [-0.1, -0.05) is 0 Å². The van der Waals surface area contributed by atoms with Gasteiger partial charge in [0.2, 0.25) is 5.95 Å². The highest BCUT2D eigenvalue weighted by Crippen LogP contribution is 1.95. The summed E-state index contributed by atoms with van der Waals surface area (Å²) in [5.74, 6) is 6.17. The highest BCUT2D eigenvalue weighted by molar-refractivity contribution is 5.23. The Morgan fingerprint density at radius 3 is 3.18 bits per heavy atom. The summed E-state index contributed by atoms with van der Waals surface area (Å²) in [4.78, 5) is 3.88. The molecule has 0 saturated carbocycles. The van der Waals surface area contributed by atoms with E-state index in [-0.39, 0.29) is 0 Å². The van der Waals surface area contributed by atoms with Crippen LogP contribution in [-0.4, -0.2) is 35.3 Å². The van der Waals surface area contributed by atoms with Crippen molar-refractivity contribution < 1.29 is 0 Å². The number of hydrazine groups is 1. The minimum absolute atomic E-state index is 0.584. The second kappa shape index (κ2) is 3.89. The van der Waals surface area contributed by atoms with Crippen LogP contribution in [0.4, 0.5) is 5.95 Å². The Morgan fingerprint density at radius 1 is 1.82 bits per heavy atom. The molecule has 0 saturated heterocycles. The fraction of sp³-hybridized carbons (Fsp3) is 0.600. The minimum atomic E-state index is 0.584. The lowest BCUT2D eigenvalue weighted by Gasteiger charge is -2.13. The van der Waals surface area contributed by atoms with E-state index in [2.05, 4.69) is 20.5 Å². The third kappa shape index (κ3) is 2.17. The first kappa shape index (κ1) is 7.96. The molecule has 62 valence electrons. The topological polar surface area (TPSA) is 82.9 Å². The molecule has 0 spiro atoms. The van der Waals surface area contributed by atoms with Crippen LogP contribution in [0.2, 0.25) is 0 Å². The maximum atomic E-state index is 5.59. The number of rotatable bonds is 4. The van der Waals surface area contributed by atoms with Crippen LogP contribution in [0.25, 0.3) is 0 Å². The van der Waals surface area contributed by atoms with E-state index in [4.69, 9.17) is 5.84 Å². The normalized spacial score (nSPS) is 10.0. The maximum absolute atomic E-state index is 5.59. The van der Waals surface area contributed by atoms with Gasteiger partial charge in [-0.3, -0.25) is 5.01 Å². The first-order chi connectivity index (χ1) is 5.34. The zero-order chi connectivity index (χ0) is 8.10. The number of nitrogens with zero attached hydrogens (tertiary/aromatic N) is 3. The highest BCUT2D eigenvalue weighted by Gasteiger charge is 2.01. The van der Waals surface area contributed by atoms with E-state index in [1.807, 2.05) is 7.05 Å². The largest absolute Gasteiger partial charge is 0.318 e. The Kier molecular flexibility index (Phi) is 2.82. The number of H-pyrrole nitrogens is 1. The molecule has 6 nitrogen and oxygen atoms in total. The number of hydrogen-bond acceptors (Lipinski definition) is 5. The predicted molar refractivity (Wildman–Crippen MR) is 41.8 cm³/mol. The van der Waals surface area contributed by atoms with Crippen LogP contribution in [0.3, 0.4) is 0 Å². The molecule has 1 aromatic rings. The molecule has 0 fully saturated rings. The van der Waals surface area contributed by atoms with Gasteiger partial charge in [-0.25, -0.2) is 10.9 Å². The maximum Gasteiger partial charge on any atom is 0.235 e. The molecule has 0 aliphatic carbocycles. The van der Waals surface area contributed by atoms with Gasteiger partial charge in [0.1, 0.15) is 6.33 Å². The predicted octanol–water partition coefficient (Wildman–Crippen LogP) is -1.30. The lowest BCUT2D eigenvalue weighted by molar-refractivity contribution is 0.727. The number of nitrogens with one attached hydrogen (secondary N) is 2. The fourth-order valence-corrected chi connectivity index (χ4v) is 0.676. The Bertz CT molecular complexity index is 183. The third-order valence-electron chi connectivity index (χ3n) is 1.28. The second-order valence-corrected chi connectivity index (χ2v) is 2.11. The molecule has 0 radical (unpaired) electrons. The van der Waals surface area contributed by atoms with Gasteiger partial charge in [0.05, 0.1) is 0 Å². The molecule has 1 rings (SSSR count). The van der Waals surface area contributed by atoms with Crippen LogP contribution in [0, 0.1) is 0 Å². The molecule has 1 heterocycles. The molecule has 0 aliphatic rings. The van der Waals surface area contributed by atoms with Crippen molar-refractivity contribution in [1.82, 2.24) is 20.5 Å². The number of anilines is 1. The molecule has 4 N–H and O–H groups in total. The Morgan fingerprint density at radius 2 is 2.64 bits per heavy atom. The zero-order valence-electron chi connectivity index (χ0n) is 6.41. The smallest absolute Gasteiger partial charge is 0.235 e. The number of aromatic amines is 1. The Balaban J connectivity index is 2.36. The molecule has 0 atom stereocenters. The van der Waals surface area contributed by atoms with Gasteiger partial charge in [-0.2, -0.15) is 10.1 Å². The van der Waals surface area contributed by atoms with Gasteiger partial charge in [0, 0.05) is 13.1 Å². The second-order valence-electron chi connectivity index (χ2n) is 2.11. The van der Waals surface area contributed by atoms with Crippen LogP contribution in [-0.2, 0) is 0 Å². The quantitative estimate of drug-likeness (QED) is 0.373. The third-order valence-corrected chi connectivity index (χ3v) is 1.28. The Labute approximate surface area is 64.8 Å². The summed E-state index contributed by atoms with van der Waals surface area (Å²) >= 11 is 0. The lowest BCUT2D eigenvalue weighted by atomic mass is 10.6. The standard InChI is InChI=1S/C5H12N6/c1-7-2-3-11(6)5-8-4-9-10-5/h4,7H,2-3,6H2,1H3,(H,8,9,10). The molecule has 0 unspecified atom stereocenters. The molecule has 1 aromatic heterocycles. The van der Waals surface area contributed by atoms with Gasteiger partial charge in [-0.15, -0.1) is 0 Å². The van der Waals surface area contributed by atoms with E-state index in [0.29, 0.717) is 12.5 Å². The van der Waals surface area contributed by atoms with Crippen molar-refractivity contribution in [3.05, 3.63) is 6.33 Å². The molecular weight excluding hydrogens is 144 g/mol. The fourth-order valence-electron chi connectivity index (χ4n) is 0.676. The molecule has 11 heavy (non-hydrogen) atoms. The summed E-state index contributed by atoms with van der Waals surface area (Å²) in [7, 11) is 1.87. The first-order valence-corrected chi connectivity index (χ1v) is 3.37. The average molecular weight is 156 g/mol. The monoisotopic (exact) mass is 156 g/mol. The van der Waals surface area contributed by atoms with E-state index >= 15 is 0 Å². The van der Waals surface area contributed by atoms with Crippen molar-refractivity contribution in [1.29, 1.82) is 0 Å². The van der Waals surface area contributed by atoms with Crippen LogP contribution in [0.5, 0.6) is 0 Å². The number of hydrogen-bond donors (Lipinski definition) is 3. The van der Waals surface area contributed by atoms with Crippen molar-refractivity contribution in [2.24, 2.45) is 5.84 Å². The van der Waals surface area contributed by atoms with E-state index in [1.54, 1.807) is 0 Å². The summed E-state index contributed by atoms with van der Waals surface area (Å²) in [5, 5.41) is 10.8. The average Bonchev–Trinajstić information content (AvgIpc) is 2.52. The molecule has 0 bridgehead atoms. The molecule has 0 aliphatic heterocycles. The van der Waals surface area contributed by atoms with E-state index in [0.717, 1.165) is 6.54 Å². The highest BCUT2D eigenvalue weighted by atomic mass is 15.5. The van der Waals surface area contributed by atoms with Crippen LogP contribution < -0.4 is 16.2 Å².